The molecule has 2 atom stereocenters. The van der Waals surface area contributed by atoms with Crippen molar-refractivity contribution in [2.24, 2.45) is 0 Å². The summed E-state index contributed by atoms with van der Waals surface area (Å²) >= 11 is 1.78. The number of nitrogens with one attached hydrogen (secondary N) is 1. The molecule has 0 aromatic heterocycles. The third-order valence-electron chi connectivity index (χ3n) is 2.89. The average Bonchev–Trinajstić information content (AvgIpc) is 2.88. The number of hydrogen-bond donors (Lipinski definition) is 1. The maximum absolute atomic E-state index is 11.9. The van der Waals surface area contributed by atoms with Crippen molar-refractivity contribution in [3.63, 3.8) is 0 Å². The summed E-state index contributed by atoms with van der Waals surface area (Å²) in [5.74, 6) is 1.99. The van der Waals surface area contributed by atoms with E-state index >= 15 is 0 Å². The van der Waals surface area contributed by atoms with E-state index in [0.717, 1.165) is 37.6 Å². The Balaban J connectivity index is 0.00000128. The number of ether oxygens (including phenoxy) is 1. The highest BCUT2D eigenvalue weighted by Crippen LogP contribution is 2.15. The van der Waals surface area contributed by atoms with E-state index in [1.807, 2.05) is 7.05 Å². The summed E-state index contributed by atoms with van der Waals surface area (Å²) in [6.07, 6.45) is 2.47. The zero-order chi connectivity index (χ0) is 10.7. The first-order valence-corrected chi connectivity index (χ1v) is 6.60. The van der Waals surface area contributed by atoms with Crippen LogP contribution in [0.1, 0.15) is 12.8 Å². The SMILES string of the molecule is CN(CC1CCCO1)C(=O)[C@H]1CSCN1.Cl. The smallest absolute Gasteiger partial charge is 0.240 e. The van der Waals surface area contributed by atoms with Gasteiger partial charge in [-0.1, -0.05) is 0 Å². The Morgan fingerprint density at radius 2 is 2.44 bits per heavy atom. The molecule has 1 amide bonds. The molecule has 0 aromatic carbocycles. The summed E-state index contributed by atoms with van der Waals surface area (Å²) in [4.78, 5) is 13.7. The van der Waals surface area contributed by atoms with Gasteiger partial charge in [-0.15, -0.1) is 24.2 Å². The lowest BCUT2D eigenvalue weighted by atomic mass is 10.2. The van der Waals surface area contributed by atoms with Crippen molar-refractivity contribution in [3.8, 4) is 0 Å². The lowest BCUT2D eigenvalue weighted by molar-refractivity contribution is -0.132. The summed E-state index contributed by atoms with van der Waals surface area (Å²) in [6, 6.07) is 0.0152. The Bertz CT molecular complexity index is 231. The van der Waals surface area contributed by atoms with Crippen LogP contribution in [0.3, 0.4) is 0 Å². The molecule has 1 unspecified atom stereocenters. The monoisotopic (exact) mass is 266 g/mol. The largest absolute Gasteiger partial charge is 0.376 e. The molecular weight excluding hydrogens is 248 g/mol. The number of amides is 1. The zero-order valence-corrected chi connectivity index (χ0v) is 11.1. The van der Waals surface area contributed by atoms with Crippen LogP contribution in [0.2, 0.25) is 0 Å². The molecule has 6 heteroatoms. The second-order valence-corrected chi connectivity index (χ2v) is 5.16. The van der Waals surface area contributed by atoms with Gasteiger partial charge in [0.1, 0.15) is 0 Å². The molecule has 4 nitrogen and oxygen atoms in total. The molecule has 2 aliphatic heterocycles. The lowest BCUT2D eigenvalue weighted by Crippen LogP contribution is -2.45. The van der Waals surface area contributed by atoms with Gasteiger partial charge in [0, 0.05) is 31.8 Å². The summed E-state index contributed by atoms with van der Waals surface area (Å²) in [5.41, 5.74) is 0. The van der Waals surface area contributed by atoms with Crippen LogP contribution in [-0.2, 0) is 9.53 Å². The Morgan fingerprint density at radius 1 is 1.62 bits per heavy atom. The van der Waals surface area contributed by atoms with Gasteiger partial charge < -0.3 is 9.64 Å². The highest BCUT2D eigenvalue weighted by molar-refractivity contribution is 7.99. The molecule has 2 heterocycles. The minimum atomic E-state index is 0. The van der Waals surface area contributed by atoms with E-state index in [1.165, 1.54) is 0 Å². The first-order chi connectivity index (χ1) is 7.27. The van der Waals surface area contributed by atoms with Crippen molar-refractivity contribution < 1.29 is 9.53 Å². The minimum Gasteiger partial charge on any atom is -0.376 e. The van der Waals surface area contributed by atoms with Crippen LogP contribution in [-0.4, -0.2) is 54.8 Å². The highest BCUT2D eigenvalue weighted by atomic mass is 35.5. The van der Waals surface area contributed by atoms with Gasteiger partial charge in [0.15, 0.2) is 0 Å². The van der Waals surface area contributed by atoms with Gasteiger partial charge in [-0.2, -0.15) is 0 Å². The predicted molar refractivity (Wildman–Crippen MR) is 68.1 cm³/mol. The maximum atomic E-state index is 11.9. The van der Waals surface area contributed by atoms with Crippen LogP contribution in [0.15, 0.2) is 0 Å². The third kappa shape index (κ3) is 3.52. The van der Waals surface area contributed by atoms with Crippen molar-refractivity contribution in [1.82, 2.24) is 10.2 Å². The maximum Gasteiger partial charge on any atom is 0.240 e. The molecule has 2 fully saturated rings. The van der Waals surface area contributed by atoms with Gasteiger partial charge in [-0.3, -0.25) is 10.1 Å². The van der Waals surface area contributed by atoms with Crippen molar-refractivity contribution in [3.05, 3.63) is 0 Å². The van der Waals surface area contributed by atoms with Gasteiger partial charge in [0.05, 0.1) is 12.1 Å². The van der Waals surface area contributed by atoms with Gasteiger partial charge in [-0.05, 0) is 12.8 Å². The number of carbonyl (C=O) groups is 1. The van der Waals surface area contributed by atoms with E-state index in [1.54, 1.807) is 16.7 Å². The number of thioether (sulfide) groups is 1. The first kappa shape index (κ1) is 14.1. The molecule has 94 valence electrons. The molecule has 2 aliphatic rings. The van der Waals surface area contributed by atoms with Crippen LogP contribution in [0, 0.1) is 0 Å². The standard InChI is InChI=1S/C10H18N2O2S.ClH/c1-12(5-8-3-2-4-14-8)10(13)9-6-15-7-11-9;/h8-9,11H,2-7H2,1H3;1H/t8?,9-;/m1./s1. The van der Waals surface area contributed by atoms with Gasteiger partial charge in [-0.25, -0.2) is 0 Å². The van der Waals surface area contributed by atoms with Gasteiger partial charge >= 0.3 is 0 Å². The Hall–Kier alpha value is 0.0300. The van der Waals surface area contributed by atoms with Crippen LogP contribution < -0.4 is 5.32 Å². The van der Waals surface area contributed by atoms with Crippen LogP contribution >= 0.6 is 24.2 Å². The van der Waals surface area contributed by atoms with Crippen LogP contribution in [0.25, 0.3) is 0 Å². The average molecular weight is 267 g/mol. The lowest BCUT2D eigenvalue weighted by Gasteiger charge is -2.23. The number of halogens is 1. The fourth-order valence-corrected chi connectivity index (χ4v) is 2.94. The van der Waals surface area contributed by atoms with Crippen LogP contribution in [0.4, 0.5) is 0 Å². The topological polar surface area (TPSA) is 41.6 Å². The van der Waals surface area contributed by atoms with Gasteiger partial charge in [0.25, 0.3) is 0 Å². The molecule has 0 spiro atoms. The minimum absolute atomic E-state index is 0. The molecule has 0 radical (unpaired) electrons. The molecule has 0 aromatic rings. The summed E-state index contributed by atoms with van der Waals surface area (Å²) in [7, 11) is 1.87. The second kappa shape index (κ2) is 6.69. The molecule has 0 saturated carbocycles. The number of nitrogens with zero attached hydrogens (tertiary/aromatic N) is 1. The summed E-state index contributed by atoms with van der Waals surface area (Å²) < 4.78 is 5.52. The van der Waals surface area contributed by atoms with E-state index in [4.69, 9.17) is 4.74 Å². The van der Waals surface area contributed by atoms with E-state index in [2.05, 4.69) is 5.32 Å². The summed E-state index contributed by atoms with van der Waals surface area (Å²) in [6.45, 7) is 1.59. The number of rotatable bonds is 3. The second-order valence-electron chi connectivity index (χ2n) is 4.13. The van der Waals surface area contributed by atoms with Crippen molar-refractivity contribution >= 4 is 30.1 Å². The van der Waals surface area contributed by atoms with E-state index in [9.17, 15) is 4.79 Å². The molecule has 1 N–H and O–H groups in total. The van der Waals surface area contributed by atoms with E-state index in [-0.39, 0.29) is 30.5 Å². The number of carbonyl (C=O) groups excluding carboxylic acids is 1. The molecule has 16 heavy (non-hydrogen) atoms. The fraction of sp³-hybridized carbons (Fsp3) is 0.900. The highest BCUT2D eigenvalue weighted by Gasteiger charge is 2.27. The number of likely N-dealkylation sites (N-methyl/N-ethyl adjacent to an activating group) is 1. The summed E-state index contributed by atoms with van der Waals surface area (Å²) in [5, 5.41) is 3.19. The van der Waals surface area contributed by atoms with E-state index < -0.39 is 0 Å². The van der Waals surface area contributed by atoms with Gasteiger partial charge in [0.2, 0.25) is 5.91 Å². The van der Waals surface area contributed by atoms with Crippen LogP contribution in [0.5, 0.6) is 0 Å². The Labute approximate surface area is 107 Å². The first-order valence-electron chi connectivity index (χ1n) is 5.45. The van der Waals surface area contributed by atoms with Crippen molar-refractivity contribution in [2.45, 2.75) is 25.0 Å². The molecule has 2 saturated heterocycles. The Kier molecular flexibility index (Phi) is 5.89. The quantitative estimate of drug-likeness (QED) is 0.817. The Morgan fingerprint density at radius 3 is 3.00 bits per heavy atom. The number of hydrogen-bond acceptors (Lipinski definition) is 4. The normalized spacial score (nSPS) is 28.8. The molecule has 2 rings (SSSR count). The van der Waals surface area contributed by atoms with E-state index in [0.29, 0.717) is 0 Å². The van der Waals surface area contributed by atoms with Crippen molar-refractivity contribution in [2.75, 3.05) is 31.8 Å². The van der Waals surface area contributed by atoms with Crippen molar-refractivity contribution in [1.29, 1.82) is 0 Å². The predicted octanol–water partition coefficient (Wildman–Crippen LogP) is 0.708. The zero-order valence-electron chi connectivity index (χ0n) is 9.48. The molecule has 0 aliphatic carbocycles. The third-order valence-corrected chi connectivity index (χ3v) is 3.83. The molecular formula is C10H19ClN2O2S. The molecule has 0 bridgehead atoms. The fourth-order valence-electron chi connectivity index (χ4n) is 2.00.